The van der Waals surface area contributed by atoms with Crippen LogP contribution in [0, 0.1) is 11.3 Å². The highest BCUT2D eigenvalue weighted by molar-refractivity contribution is 6.33. The van der Waals surface area contributed by atoms with Gasteiger partial charge in [-0.3, -0.25) is 0 Å². The molecule has 0 radical (unpaired) electrons. The molecule has 3 rings (SSSR count). The number of halogens is 1. The van der Waals surface area contributed by atoms with E-state index in [-0.39, 0.29) is 5.69 Å². The summed E-state index contributed by atoms with van der Waals surface area (Å²) in [7, 11) is 2.14. The summed E-state index contributed by atoms with van der Waals surface area (Å²) in [5.74, 6) is 1.14. The Balaban J connectivity index is 1.70. The van der Waals surface area contributed by atoms with Gasteiger partial charge in [-0.05, 0) is 33.0 Å². The van der Waals surface area contributed by atoms with Crippen LogP contribution >= 0.6 is 11.6 Å². The quantitative estimate of drug-likeness (QED) is 0.881. The lowest BCUT2D eigenvalue weighted by Gasteiger charge is -2.30. The van der Waals surface area contributed by atoms with E-state index in [2.05, 4.69) is 37.5 Å². The van der Waals surface area contributed by atoms with E-state index in [1.807, 2.05) is 12.1 Å². The lowest BCUT2D eigenvalue weighted by atomic mass is 10.1. The number of aromatic nitrogens is 3. The maximum absolute atomic E-state index is 8.75. The van der Waals surface area contributed by atoms with Gasteiger partial charge in [-0.25, -0.2) is 15.0 Å². The maximum Gasteiger partial charge on any atom is 0.158 e. The second-order valence-corrected chi connectivity index (χ2v) is 6.20. The van der Waals surface area contributed by atoms with Crippen molar-refractivity contribution in [3.05, 3.63) is 35.4 Å². The normalized spacial score (nSPS) is 15.7. The molecule has 1 aliphatic heterocycles. The molecule has 0 aliphatic carbocycles. The fourth-order valence-corrected chi connectivity index (χ4v) is 2.73. The third-order valence-electron chi connectivity index (χ3n) is 3.96. The Morgan fingerprint density at radius 2 is 1.92 bits per heavy atom. The first-order chi connectivity index (χ1) is 11.6. The average Bonchev–Trinajstić information content (AvgIpc) is 2.60. The molecule has 2 N–H and O–H groups in total. The standard InChI is InChI=1S/C16H18ClN7/c1-24-4-2-11(3-5-24)22-14-6-15(21-9-13(14)17)23-16-10-19-12(7-18)8-20-16/h6,8-11H,2-5H2,1H3,(H2,20,21,22,23). The number of nitrogens with zero attached hydrogens (tertiary/aromatic N) is 5. The van der Waals surface area contributed by atoms with Crippen molar-refractivity contribution in [2.75, 3.05) is 30.8 Å². The van der Waals surface area contributed by atoms with E-state index >= 15 is 0 Å². The molecule has 2 aromatic rings. The van der Waals surface area contributed by atoms with Crippen LogP contribution in [0.3, 0.4) is 0 Å². The van der Waals surface area contributed by atoms with Gasteiger partial charge in [-0.15, -0.1) is 0 Å². The molecule has 8 heteroatoms. The van der Waals surface area contributed by atoms with Crippen molar-refractivity contribution in [1.82, 2.24) is 19.9 Å². The Morgan fingerprint density at radius 3 is 2.58 bits per heavy atom. The zero-order valence-electron chi connectivity index (χ0n) is 13.3. The molecule has 1 aliphatic rings. The summed E-state index contributed by atoms with van der Waals surface area (Å²) in [5.41, 5.74) is 1.12. The van der Waals surface area contributed by atoms with Crippen molar-refractivity contribution in [1.29, 1.82) is 5.26 Å². The molecule has 124 valence electrons. The van der Waals surface area contributed by atoms with E-state index in [9.17, 15) is 0 Å². The van der Waals surface area contributed by atoms with Crippen molar-refractivity contribution in [2.45, 2.75) is 18.9 Å². The molecule has 1 fully saturated rings. The summed E-state index contributed by atoms with van der Waals surface area (Å²) in [6, 6.07) is 4.20. The van der Waals surface area contributed by atoms with E-state index in [4.69, 9.17) is 16.9 Å². The van der Waals surface area contributed by atoms with Gasteiger partial charge in [-0.2, -0.15) is 5.26 Å². The minimum Gasteiger partial charge on any atom is -0.381 e. The highest BCUT2D eigenvalue weighted by atomic mass is 35.5. The fourth-order valence-electron chi connectivity index (χ4n) is 2.57. The van der Waals surface area contributed by atoms with E-state index in [0.717, 1.165) is 31.6 Å². The number of rotatable bonds is 4. The Hall–Kier alpha value is -2.43. The van der Waals surface area contributed by atoms with Gasteiger partial charge in [0.1, 0.15) is 17.7 Å². The number of nitrogens with one attached hydrogen (secondary N) is 2. The number of nitriles is 1. The molecule has 0 saturated carbocycles. The summed E-state index contributed by atoms with van der Waals surface area (Å²) in [5, 5.41) is 15.9. The lowest BCUT2D eigenvalue weighted by Crippen LogP contribution is -2.36. The zero-order chi connectivity index (χ0) is 16.9. The van der Waals surface area contributed by atoms with Crippen molar-refractivity contribution in [3.63, 3.8) is 0 Å². The van der Waals surface area contributed by atoms with E-state index in [1.165, 1.54) is 12.4 Å². The van der Waals surface area contributed by atoms with E-state index in [0.29, 0.717) is 22.7 Å². The smallest absolute Gasteiger partial charge is 0.158 e. The van der Waals surface area contributed by atoms with Crippen LogP contribution in [-0.2, 0) is 0 Å². The van der Waals surface area contributed by atoms with Crippen molar-refractivity contribution < 1.29 is 0 Å². The summed E-state index contributed by atoms with van der Waals surface area (Å²) < 4.78 is 0. The molecule has 0 aromatic carbocycles. The van der Waals surface area contributed by atoms with Crippen molar-refractivity contribution in [3.8, 4) is 6.07 Å². The molecule has 0 amide bonds. The van der Waals surface area contributed by atoms with Gasteiger partial charge >= 0.3 is 0 Å². The highest BCUT2D eigenvalue weighted by Gasteiger charge is 2.17. The van der Waals surface area contributed by atoms with Crippen LogP contribution in [0.15, 0.2) is 24.7 Å². The number of pyridine rings is 1. The van der Waals surface area contributed by atoms with E-state index < -0.39 is 0 Å². The molecule has 2 aromatic heterocycles. The SMILES string of the molecule is CN1CCC(Nc2cc(Nc3cnc(C#N)cn3)ncc2Cl)CC1. The molecule has 0 bridgehead atoms. The second kappa shape index (κ2) is 7.43. The van der Waals surface area contributed by atoms with Crippen LogP contribution in [0.25, 0.3) is 0 Å². The van der Waals surface area contributed by atoms with Gasteiger partial charge in [-0.1, -0.05) is 11.6 Å². The van der Waals surface area contributed by atoms with Gasteiger partial charge in [0.15, 0.2) is 5.69 Å². The van der Waals surface area contributed by atoms with Gasteiger partial charge < -0.3 is 15.5 Å². The minimum atomic E-state index is 0.272. The number of hydrogen-bond acceptors (Lipinski definition) is 7. The van der Waals surface area contributed by atoms with Crippen LogP contribution in [0.4, 0.5) is 17.3 Å². The Kier molecular flexibility index (Phi) is 5.08. The molecular weight excluding hydrogens is 326 g/mol. The Bertz CT molecular complexity index is 733. The van der Waals surface area contributed by atoms with Crippen LogP contribution in [0.2, 0.25) is 5.02 Å². The summed E-state index contributed by atoms with van der Waals surface area (Å²) in [6.45, 7) is 2.15. The van der Waals surface area contributed by atoms with Crippen LogP contribution in [0.1, 0.15) is 18.5 Å². The minimum absolute atomic E-state index is 0.272. The number of anilines is 3. The predicted molar refractivity (Wildman–Crippen MR) is 93.4 cm³/mol. The summed E-state index contributed by atoms with van der Waals surface area (Å²) in [6.07, 6.45) is 6.69. The third-order valence-corrected chi connectivity index (χ3v) is 4.26. The molecule has 0 atom stereocenters. The molecule has 0 spiro atoms. The van der Waals surface area contributed by atoms with Crippen molar-refractivity contribution in [2.24, 2.45) is 0 Å². The van der Waals surface area contributed by atoms with E-state index in [1.54, 1.807) is 6.20 Å². The molecule has 7 nitrogen and oxygen atoms in total. The topological polar surface area (TPSA) is 89.8 Å². The summed E-state index contributed by atoms with van der Waals surface area (Å²) in [4.78, 5) is 14.7. The monoisotopic (exact) mass is 343 g/mol. The number of piperidine rings is 1. The lowest BCUT2D eigenvalue weighted by molar-refractivity contribution is 0.264. The predicted octanol–water partition coefficient (Wildman–Crippen LogP) is 2.65. The Morgan fingerprint density at radius 1 is 1.17 bits per heavy atom. The summed E-state index contributed by atoms with van der Waals surface area (Å²) >= 11 is 6.26. The molecule has 24 heavy (non-hydrogen) atoms. The maximum atomic E-state index is 8.75. The Labute approximate surface area is 145 Å². The van der Waals surface area contributed by atoms with Crippen LogP contribution in [-0.4, -0.2) is 46.0 Å². The van der Waals surface area contributed by atoms with Crippen LogP contribution in [0.5, 0.6) is 0 Å². The third kappa shape index (κ3) is 4.10. The average molecular weight is 344 g/mol. The molecule has 3 heterocycles. The first kappa shape index (κ1) is 16.4. The first-order valence-corrected chi connectivity index (χ1v) is 8.11. The van der Waals surface area contributed by atoms with Crippen LogP contribution < -0.4 is 10.6 Å². The largest absolute Gasteiger partial charge is 0.381 e. The first-order valence-electron chi connectivity index (χ1n) is 7.74. The second-order valence-electron chi connectivity index (χ2n) is 5.79. The fraction of sp³-hybridized carbons (Fsp3) is 0.375. The molecular formula is C16H18ClN7. The van der Waals surface area contributed by atoms with Gasteiger partial charge in [0.05, 0.1) is 29.3 Å². The van der Waals surface area contributed by atoms with Gasteiger partial charge in [0.2, 0.25) is 0 Å². The molecule has 1 saturated heterocycles. The highest BCUT2D eigenvalue weighted by Crippen LogP contribution is 2.27. The van der Waals surface area contributed by atoms with Crippen molar-refractivity contribution >= 4 is 28.9 Å². The van der Waals surface area contributed by atoms with Gasteiger partial charge in [0, 0.05) is 12.1 Å². The van der Waals surface area contributed by atoms with Gasteiger partial charge in [0.25, 0.3) is 0 Å². The zero-order valence-corrected chi connectivity index (χ0v) is 14.1. The number of hydrogen-bond donors (Lipinski definition) is 2. The number of likely N-dealkylation sites (tertiary alicyclic amines) is 1. The molecule has 0 unspecified atom stereocenters.